The van der Waals surface area contributed by atoms with Crippen molar-refractivity contribution in [2.75, 3.05) is 6.54 Å². The van der Waals surface area contributed by atoms with Crippen molar-refractivity contribution in [2.24, 2.45) is 0 Å². The molecule has 0 spiro atoms. The fraction of sp³-hybridized carbons (Fsp3) is 0.190. The van der Waals surface area contributed by atoms with Gasteiger partial charge in [-0.3, -0.25) is 9.88 Å². The van der Waals surface area contributed by atoms with E-state index in [9.17, 15) is 0 Å². The number of fused-ring (bicyclic) bond motifs is 2. The van der Waals surface area contributed by atoms with Crippen LogP contribution in [0.25, 0.3) is 21.6 Å². The predicted molar refractivity (Wildman–Crippen MR) is 105 cm³/mol. The average Bonchev–Trinajstić information content (AvgIpc) is 3.22. The van der Waals surface area contributed by atoms with Crippen LogP contribution in [0.15, 0.2) is 60.1 Å². The molecular formula is C21H18N4S. The lowest BCUT2D eigenvalue weighted by molar-refractivity contribution is 0.240. The first kappa shape index (κ1) is 15.6. The number of para-hydroxylation sites is 1. The number of pyridine rings is 1. The fourth-order valence-corrected chi connectivity index (χ4v) is 4.12. The molecular weight excluding hydrogens is 340 g/mol. The van der Waals surface area contributed by atoms with Crippen molar-refractivity contribution in [3.05, 3.63) is 77.1 Å². The van der Waals surface area contributed by atoms with E-state index < -0.39 is 0 Å². The molecule has 4 aromatic rings. The first-order valence-corrected chi connectivity index (χ1v) is 9.69. The minimum Gasteiger partial charge on any atom is -0.293 e. The zero-order chi connectivity index (χ0) is 17.3. The largest absolute Gasteiger partial charge is 0.293 e. The van der Waals surface area contributed by atoms with Gasteiger partial charge in [0.15, 0.2) is 5.82 Å². The maximum Gasteiger partial charge on any atom is 0.169 e. The Morgan fingerprint density at radius 3 is 2.88 bits per heavy atom. The Morgan fingerprint density at radius 2 is 1.96 bits per heavy atom. The lowest BCUT2D eigenvalue weighted by atomic mass is 10.1. The molecule has 1 aliphatic rings. The molecule has 0 radical (unpaired) electrons. The second kappa shape index (κ2) is 6.59. The van der Waals surface area contributed by atoms with Crippen molar-refractivity contribution in [2.45, 2.75) is 19.5 Å². The molecule has 0 aliphatic carbocycles. The zero-order valence-corrected chi connectivity index (χ0v) is 15.1. The Kier molecular flexibility index (Phi) is 3.96. The Hall–Kier alpha value is -2.63. The van der Waals surface area contributed by atoms with E-state index >= 15 is 0 Å². The Labute approximate surface area is 156 Å². The zero-order valence-electron chi connectivity index (χ0n) is 14.3. The van der Waals surface area contributed by atoms with Gasteiger partial charge in [-0.05, 0) is 23.6 Å². The molecule has 1 aromatic carbocycles. The van der Waals surface area contributed by atoms with E-state index in [2.05, 4.69) is 51.7 Å². The van der Waals surface area contributed by atoms with Gasteiger partial charge in [-0.25, -0.2) is 9.97 Å². The molecule has 5 heteroatoms. The number of thiophene rings is 1. The molecule has 0 saturated heterocycles. The monoisotopic (exact) mass is 358 g/mol. The third kappa shape index (κ3) is 3.00. The molecule has 3 aromatic heterocycles. The molecule has 0 amide bonds. The van der Waals surface area contributed by atoms with Gasteiger partial charge in [0.1, 0.15) is 0 Å². The third-order valence-corrected chi connectivity index (χ3v) is 5.66. The van der Waals surface area contributed by atoms with Crippen molar-refractivity contribution in [1.29, 1.82) is 0 Å². The second-order valence-corrected chi connectivity index (χ2v) is 7.55. The molecule has 5 rings (SSSR count). The van der Waals surface area contributed by atoms with Crippen LogP contribution < -0.4 is 0 Å². The van der Waals surface area contributed by atoms with Crippen LogP contribution in [0.3, 0.4) is 0 Å². The van der Waals surface area contributed by atoms with Crippen LogP contribution in [0.5, 0.6) is 0 Å². The highest BCUT2D eigenvalue weighted by molar-refractivity contribution is 7.13. The van der Waals surface area contributed by atoms with Crippen molar-refractivity contribution < 1.29 is 0 Å². The van der Waals surface area contributed by atoms with E-state index in [4.69, 9.17) is 9.97 Å². The van der Waals surface area contributed by atoms with Gasteiger partial charge in [0, 0.05) is 43.2 Å². The van der Waals surface area contributed by atoms with Gasteiger partial charge < -0.3 is 0 Å². The summed E-state index contributed by atoms with van der Waals surface area (Å²) in [5.41, 5.74) is 4.60. The van der Waals surface area contributed by atoms with Crippen LogP contribution in [-0.4, -0.2) is 26.4 Å². The fourth-order valence-electron chi connectivity index (χ4n) is 3.46. The Balaban J connectivity index is 1.35. The summed E-state index contributed by atoms with van der Waals surface area (Å²) in [6, 6.07) is 16.7. The number of benzene rings is 1. The first-order chi connectivity index (χ1) is 12.8. The Morgan fingerprint density at radius 1 is 1.00 bits per heavy atom. The summed E-state index contributed by atoms with van der Waals surface area (Å²) in [4.78, 5) is 17.7. The van der Waals surface area contributed by atoms with Crippen LogP contribution >= 0.6 is 11.3 Å². The molecule has 4 nitrogen and oxygen atoms in total. The van der Waals surface area contributed by atoms with Crippen molar-refractivity contribution in [3.8, 4) is 10.7 Å². The lowest BCUT2D eigenvalue weighted by Crippen LogP contribution is -2.31. The SMILES string of the molecule is c1csc(-c2ncc3c(n2)CCN(Cc2ccc4ccccc4n2)C3)c1. The number of nitrogens with zero attached hydrogens (tertiary/aromatic N) is 4. The molecule has 0 bridgehead atoms. The lowest BCUT2D eigenvalue weighted by Gasteiger charge is -2.27. The second-order valence-electron chi connectivity index (χ2n) is 6.60. The van der Waals surface area contributed by atoms with Crippen LogP contribution in [0.1, 0.15) is 17.0 Å². The van der Waals surface area contributed by atoms with E-state index in [1.165, 1.54) is 16.6 Å². The molecule has 0 unspecified atom stereocenters. The minimum atomic E-state index is 0.850. The van der Waals surface area contributed by atoms with Gasteiger partial charge in [0.05, 0.1) is 21.8 Å². The van der Waals surface area contributed by atoms with Crippen LogP contribution in [-0.2, 0) is 19.5 Å². The predicted octanol–water partition coefficient (Wildman–Crippen LogP) is 4.31. The molecule has 0 saturated carbocycles. The highest BCUT2D eigenvalue weighted by Crippen LogP contribution is 2.24. The number of hydrogen-bond donors (Lipinski definition) is 0. The van der Waals surface area contributed by atoms with Gasteiger partial charge >= 0.3 is 0 Å². The van der Waals surface area contributed by atoms with Gasteiger partial charge in [-0.15, -0.1) is 11.3 Å². The van der Waals surface area contributed by atoms with Gasteiger partial charge in [0.25, 0.3) is 0 Å². The quantitative estimate of drug-likeness (QED) is 0.547. The van der Waals surface area contributed by atoms with E-state index in [1.807, 2.05) is 18.3 Å². The molecule has 0 fully saturated rings. The summed E-state index contributed by atoms with van der Waals surface area (Å²) in [6.07, 6.45) is 2.96. The van der Waals surface area contributed by atoms with Gasteiger partial charge in [-0.1, -0.05) is 30.3 Å². The summed E-state index contributed by atoms with van der Waals surface area (Å²) in [5, 5.41) is 3.26. The normalized spacial score (nSPS) is 14.5. The molecule has 4 heterocycles. The van der Waals surface area contributed by atoms with E-state index in [1.54, 1.807) is 11.3 Å². The summed E-state index contributed by atoms with van der Waals surface area (Å²) in [7, 11) is 0. The van der Waals surface area contributed by atoms with E-state index in [0.29, 0.717) is 0 Å². The molecule has 26 heavy (non-hydrogen) atoms. The van der Waals surface area contributed by atoms with Gasteiger partial charge in [0.2, 0.25) is 0 Å². The highest BCUT2D eigenvalue weighted by Gasteiger charge is 2.19. The maximum absolute atomic E-state index is 4.80. The number of rotatable bonds is 3. The molecule has 0 atom stereocenters. The Bertz CT molecular complexity index is 1060. The third-order valence-electron chi connectivity index (χ3n) is 4.80. The van der Waals surface area contributed by atoms with Crippen LogP contribution in [0.4, 0.5) is 0 Å². The summed E-state index contributed by atoms with van der Waals surface area (Å²) in [6.45, 7) is 2.74. The topological polar surface area (TPSA) is 41.9 Å². The minimum absolute atomic E-state index is 0.850. The summed E-state index contributed by atoms with van der Waals surface area (Å²) in [5.74, 6) is 0.850. The highest BCUT2D eigenvalue weighted by atomic mass is 32.1. The van der Waals surface area contributed by atoms with E-state index in [0.717, 1.165) is 48.0 Å². The standard InChI is InChI=1S/C21H18N4S/c1-2-5-18-15(4-1)7-8-17(23-18)14-25-10-9-19-16(13-25)12-22-21(24-19)20-6-3-11-26-20/h1-8,11-12H,9-10,13-14H2. The maximum atomic E-state index is 4.80. The van der Waals surface area contributed by atoms with Crippen LogP contribution in [0, 0.1) is 0 Å². The van der Waals surface area contributed by atoms with Crippen molar-refractivity contribution in [3.63, 3.8) is 0 Å². The first-order valence-electron chi connectivity index (χ1n) is 8.81. The van der Waals surface area contributed by atoms with Crippen LogP contribution in [0.2, 0.25) is 0 Å². The summed E-state index contributed by atoms with van der Waals surface area (Å²) < 4.78 is 0. The van der Waals surface area contributed by atoms with Crippen molar-refractivity contribution >= 4 is 22.2 Å². The smallest absolute Gasteiger partial charge is 0.169 e. The summed E-state index contributed by atoms with van der Waals surface area (Å²) >= 11 is 1.69. The van der Waals surface area contributed by atoms with E-state index in [-0.39, 0.29) is 0 Å². The van der Waals surface area contributed by atoms with Crippen molar-refractivity contribution in [1.82, 2.24) is 19.9 Å². The molecule has 0 N–H and O–H groups in total. The average molecular weight is 358 g/mol. The van der Waals surface area contributed by atoms with Gasteiger partial charge in [-0.2, -0.15) is 0 Å². The molecule has 1 aliphatic heterocycles. The number of aromatic nitrogens is 3. The molecule has 128 valence electrons. The number of hydrogen-bond acceptors (Lipinski definition) is 5.